The SMILES string of the molecule is Cc1nn(-c2ccccc2)c(C)c1C(=O)N(C)CCOc1ccc(Cl)cc1. The monoisotopic (exact) mass is 383 g/mol. The first-order chi connectivity index (χ1) is 13.0. The third-order valence-corrected chi connectivity index (χ3v) is 4.61. The number of halogens is 1. The molecule has 0 aliphatic heterocycles. The van der Waals surface area contributed by atoms with Crippen LogP contribution in [0.4, 0.5) is 0 Å². The minimum Gasteiger partial charge on any atom is -0.492 e. The van der Waals surface area contributed by atoms with Crippen LogP contribution < -0.4 is 4.74 Å². The van der Waals surface area contributed by atoms with Gasteiger partial charge in [-0.3, -0.25) is 4.79 Å². The molecule has 5 nitrogen and oxygen atoms in total. The summed E-state index contributed by atoms with van der Waals surface area (Å²) in [5, 5.41) is 5.21. The fourth-order valence-electron chi connectivity index (χ4n) is 2.90. The van der Waals surface area contributed by atoms with Crippen molar-refractivity contribution >= 4 is 17.5 Å². The minimum atomic E-state index is -0.0631. The Morgan fingerprint density at radius 1 is 1.11 bits per heavy atom. The molecule has 0 atom stereocenters. The Balaban J connectivity index is 1.68. The lowest BCUT2D eigenvalue weighted by molar-refractivity contribution is 0.0772. The molecule has 1 heterocycles. The lowest BCUT2D eigenvalue weighted by Crippen LogP contribution is -2.31. The molecular formula is C21H22ClN3O2. The first-order valence-corrected chi connectivity index (χ1v) is 9.10. The van der Waals surface area contributed by atoms with Crippen molar-refractivity contribution in [3.8, 4) is 11.4 Å². The van der Waals surface area contributed by atoms with Crippen LogP contribution >= 0.6 is 11.6 Å². The highest BCUT2D eigenvalue weighted by Gasteiger charge is 2.22. The minimum absolute atomic E-state index is 0.0631. The molecule has 0 radical (unpaired) electrons. The van der Waals surface area contributed by atoms with Gasteiger partial charge in [-0.05, 0) is 50.2 Å². The van der Waals surface area contributed by atoms with E-state index in [0.29, 0.717) is 29.4 Å². The summed E-state index contributed by atoms with van der Waals surface area (Å²) >= 11 is 5.87. The van der Waals surface area contributed by atoms with Crippen LogP contribution in [0.15, 0.2) is 54.6 Å². The molecule has 3 aromatic rings. The Kier molecular flexibility index (Phi) is 5.81. The summed E-state index contributed by atoms with van der Waals surface area (Å²) in [6.07, 6.45) is 0. The van der Waals surface area contributed by atoms with Crippen LogP contribution in [0, 0.1) is 13.8 Å². The van der Waals surface area contributed by atoms with Crippen molar-refractivity contribution in [2.75, 3.05) is 20.2 Å². The number of carbonyl (C=O) groups excluding carboxylic acids is 1. The second-order valence-corrected chi connectivity index (χ2v) is 6.76. The molecule has 140 valence electrons. The Morgan fingerprint density at radius 3 is 2.44 bits per heavy atom. The average molecular weight is 384 g/mol. The predicted molar refractivity (Wildman–Crippen MR) is 107 cm³/mol. The summed E-state index contributed by atoms with van der Waals surface area (Å²) in [5.74, 6) is 0.663. The molecule has 0 aliphatic carbocycles. The molecule has 2 aromatic carbocycles. The third kappa shape index (κ3) is 4.31. The summed E-state index contributed by atoms with van der Waals surface area (Å²) in [5.41, 5.74) is 3.11. The van der Waals surface area contributed by atoms with Crippen molar-refractivity contribution in [1.29, 1.82) is 0 Å². The van der Waals surface area contributed by atoms with E-state index in [1.165, 1.54) is 0 Å². The van der Waals surface area contributed by atoms with Crippen molar-refractivity contribution in [1.82, 2.24) is 14.7 Å². The molecule has 0 aliphatic rings. The zero-order chi connectivity index (χ0) is 19.4. The summed E-state index contributed by atoms with van der Waals surface area (Å²) in [6, 6.07) is 17.0. The molecule has 0 saturated carbocycles. The third-order valence-electron chi connectivity index (χ3n) is 4.36. The highest BCUT2D eigenvalue weighted by atomic mass is 35.5. The zero-order valence-corrected chi connectivity index (χ0v) is 16.4. The summed E-state index contributed by atoms with van der Waals surface area (Å²) in [6.45, 7) is 4.64. The van der Waals surface area contributed by atoms with E-state index in [-0.39, 0.29) is 5.91 Å². The number of carbonyl (C=O) groups is 1. The molecule has 0 unspecified atom stereocenters. The standard InChI is InChI=1S/C21H22ClN3O2/c1-15-20(16(2)25(23-15)18-7-5-4-6-8-18)21(26)24(3)13-14-27-19-11-9-17(22)10-12-19/h4-12H,13-14H2,1-3H3. The van der Waals surface area contributed by atoms with Gasteiger partial charge in [-0.25, -0.2) is 4.68 Å². The largest absolute Gasteiger partial charge is 0.492 e. The Bertz CT molecular complexity index is 921. The molecular weight excluding hydrogens is 362 g/mol. The summed E-state index contributed by atoms with van der Waals surface area (Å²) < 4.78 is 7.49. The topological polar surface area (TPSA) is 47.4 Å². The first-order valence-electron chi connectivity index (χ1n) is 8.73. The number of aromatic nitrogens is 2. The van der Waals surface area contributed by atoms with E-state index in [2.05, 4.69) is 5.10 Å². The average Bonchev–Trinajstić information content (AvgIpc) is 2.97. The van der Waals surface area contributed by atoms with Crippen LogP contribution in [-0.4, -0.2) is 40.8 Å². The van der Waals surface area contributed by atoms with Gasteiger partial charge in [0.25, 0.3) is 5.91 Å². The van der Waals surface area contributed by atoms with E-state index in [1.54, 1.807) is 28.8 Å². The predicted octanol–water partition coefficient (Wildman–Crippen LogP) is 4.29. The quantitative estimate of drug-likeness (QED) is 0.637. The van der Waals surface area contributed by atoms with Gasteiger partial charge in [0.2, 0.25) is 0 Å². The van der Waals surface area contributed by atoms with Crippen LogP contribution in [0.5, 0.6) is 5.75 Å². The van der Waals surface area contributed by atoms with Gasteiger partial charge in [0.1, 0.15) is 12.4 Å². The lowest BCUT2D eigenvalue weighted by atomic mass is 10.1. The van der Waals surface area contributed by atoms with Crippen LogP contribution in [-0.2, 0) is 0 Å². The number of rotatable bonds is 6. The van der Waals surface area contributed by atoms with Crippen LogP contribution in [0.3, 0.4) is 0 Å². The molecule has 1 aromatic heterocycles. The Labute approximate surface area is 164 Å². The van der Waals surface area contributed by atoms with E-state index >= 15 is 0 Å². The molecule has 3 rings (SSSR count). The number of nitrogens with zero attached hydrogens (tertiary/aromatic N) is 3. The van der Waals surface area contributed by atoms with Crippen LogP contribution in [0.25, 0.3) is 5.69 Å². The normalized spacial score (nSPS) is 10.7. The van der Waals surface area contributed by atoms with Crippen LogP contribution in [0.2, 0.25) is 5.02 Å². The van der Waals surface area contributed by atoms with Crippen molar-refractivity contribution in [2.24, 2.45) is 0 Å². The van der Waals surface area contributed by atoms with Gasteiger partial charge >= 0.3 is 0 Å². The number of aryl methyl sites for hydroxylation is 1. The number of hydrogen-bond acceptors (Lipinski definition) is 3. The Morgan fingerprint density at radius 2 is 1.78 bits per heavy atom. The summed E-state index contributed by atoms with van der Waals surface area (Å²) in [7, 11) is 1.77. The van der Waals surface area contributed by atoms with Crippen molar-refractivity contribution < 1.29 is 9.53 Å². The van der Waals surface area contributed by atoms with Gasteiger partial charge in [0, 0.05) is 12.1 Å². The van der Waals surface area contributed by atoms with Crippen molar-refractivity contribution in [3.05, 3.63) is 76.6 Å². The number of para-hydroxylation sites is 1. The van der Waals surface area contributed by atoms with Gasteiger partial charge in [-0.15, -0.1) is 0 Å². The maximum atomic E-state index is 12.9. The molecule has 0 saturated heterocycles. The molecule has 0 spiro atoms. The second kappa shape index (κ2) is 8.27. The van der Waals surface area contributed by atoms with E-state index in [0.717, 1.165) is 17.1 Å². The molecule has 6 heteroatoms. The Hall–Kier alpha value is -2.79. The number of amides is 1. The molecule has 27 heavy (non-hydrogen) atoms. The van der Waals surface area contributed by atoms with Gasteiger partial charge in [0.05, 0.1) is 29.2 Å². The first kappa shape index (κ1) is 19.0. The van der Waals surface area contributed by atoms with Gasteiger partial charge in [0.15, 0.2) is 0 Å². The maximum absolute atomic E-state index is 12.9. The van der Waals surface area contributed by atoms with E-state index in [1.807, 2.05) is 56.3 Å². The van der Waals surface area contributed by atoms with Crippen LogP contribution in [0.1, 0.15) is 21.7 Å². The van der Waals surface area contributed by atoms with Gasteiger partial charge in [-0.1, -0.05) is 29.8 Å². The van der Waals surface area contributed by atoms with Gasteiger partial charge < -0.3 is 9.64 Å². The molecule has 1 amide bonds. The van der Waals surface area contributed by atoms with E-state index in [4.69, 9.17) is 16.3 Å². The number of likely N-dealkylation sites (N-methyl/N-ethyl adjacent to an activating group) is 1. The second-order valence-electron chi connectivity index (χ2n) is 6.32. The van der Waals surface area contributed by atoms with Gasteiger partial charge in [-0.2, -0.15) is 5.10 Å². The summed E-state index contributed by atoms with van der Waals surface area (Å²) in [4.78, 5) is 14.6. The number of benzene rings is 2. The highest BCUT2D eigenvalue weighted by Crippen LogP contribution is 2.19. The van der Waals surface area contributed by atoms with E-state index < -0.39 is 0 Å². The highest BCUT2D eigenvalue weighted by molar-refractivity contribution is 6.30. The fraction of sp³-hybridized carbons (Fsp3) is 0.238. The number of hydrogen-bond donors (Lipinski definition) is 0. The molecule has 0 N–H and O–H groups in total. The molecule has 0 bridgehead atoms. The van der Waals surface area contributed by atoms with E-state index in [9.17, 15) is 4.79 Å². The molecule has 0 fully saturated rings. The maximum Gasteiger partial charge on any atom is 0.257 e. The van der Waals surface area contributed by atoms with Crippen molar-refractivity contribution in [3.63, 3.8) is 0 Å². The fourth-order valence-corrected chi connectivity index (χ4v) is 3.02. The zero-order valence-electron chi connectivity index (χ0n) is 15.6. The smallest absolute Gasteiger partial charge is 0.257 e. The number of ether oxygens (including phenoxy) is 1. The lowest BCUT2D eigenvalue weighted by Gasteiger charge is -2.18. The van der Waals surface area contributed by atoms with Crippen molar-refractivity contribution in [2.45, 2.75) is 13.8 Å².